The zero-order chi connectivity index (χ0) is 10.3. The Morgan fingerprint density at radius 1 is 1.27 bits per heavy atom. The van der Waals surface area contributed by atoms with Crippen molar-refractivity contribution in [3.05, 3.63) is 58.3 Å². The second-order valence-electron chi connectivity index (χ2n) is 3.67. The number of hydrogen-bond donors (Lipinski definition) is 0. The summed E-state index contributed by atoms with van der Waals surface area (Å²) in [6, 6.07) is 8.01. The Kier molecular flexibility index (Phi) is 1.68. The van der Waals surface area contributed by atoms with E-state index >= 15 is 0 Å². The Morgan fingerprint density at radius 2 is 2.13 bits per heavy atom. The summed E-state index contributed by atoms with van der Waals surface area (Å²) in [4.78, 5) is 15.2. The van der Waals surface area contributed by atoms with Crippen molar-refractivity contribution >= 4 is 11.9 Å². The predicted octanol–water partition coefficient (Wildman–Crippen LogP) is 0.883. The standard InChI is InChI=1S/C13H9NO/c15-8-9-5-6-13-11(7-9)10-3-1-2-4-12(10)14-13/h1-4,6-8H,5H2. The molecule has 1 aromatic carbocycles. The molecule has 0 fully saturated rings. The van der Waals surface area contributed by atoms with E-state index in [1.165, 1.54) is 0 Å². The van der Waals surface area contributed by atoms with Crippen molar-refractivity contribution < 1.29 is 4.79 Å². The maximum Gasteiger partial charge on any atom is 0.146 e. The van der Waals surface area contributed by atoms with Crippen LogP contribution in [-0.4, -0.2) is 6.29 Å². The summed E-state index contributed by atoms with van der Waals surface area (Å²) < 4.78 is 0. The minimum atomic E-state index is 0.694. The number of benzene rings is 1. The molecular formula is C13H9NO. The molecule has 0 radical (unpaired) electrons. The van der Waals surface area contributed by atoms with Crippen LogP contribution in [0, 0.1) is 0 Å². The molecule has 1 aromatic rings. The molecule has 1 heterocycles. The number of allylic oxidation sites excluding steroid dienone is 3. The third kappa shape index (κ3) is 1.18. The van der Waals surface area contributed by atoms with Crippen molar-refractivity contribution in [3.8, 4) is 0 Å². The van der Waals surface area contributed by atoms with E-state index in [9.17, 15) is 4.79 Å². The van der Waals surface area contributed by atoms with E-state index in [-0.39, 0.29) is 0 Å². The Bertz CT molecular complexity index is 620. The topological polar surface area (TPSA) is 29.4 Å². The summed E-state index contributed by atoms with van der Waals surface area (Å²) in [7, 11) is 0. The van der Waals surface area contributed by atoms with Crippen LogP contribution in [0.1, 0.15) is 6.42 Å². The maximum atomic E-state index is 10.7. The minimum Gasteiger partial charge on any atom is -0.298 e. The molecule has 15 heavy (non-hydrogen) atoms. The fourth-order valence-electron chi connectivity index (χ4n) is 1.98. The number of fused-ring (bicyclic) bond motifs is 2. The van der Waals surface area contributed by atoms with Gasteiger partial charge in [-0.2, -0.15) is 0 Å². The molecule has 0 aromatic heterocycles. The van der Waals surface area contributed by atoms with E-state index in [1.54, 1.807) is 0 Å². The van der Waals surface area contributed by atoms with Crippen LogP contribution in [0.2, 0.25) is 0 Å². The SMILES string of the molecule is O=CC1=CC2=c3ccccc3=NC2=CC1. The molecule has 1 aliphatic carbocycles. The highest BCUT2D eigenvalue weighted by molar-refractivity contribution is 5.86. The van der Waals surface area contributed by atoms with Gasteiger partial charge in [-0.05, 0) is 24.1 Å². The minimum absolute atomic E-state index is 0.694. The molecule has 0 amide bonds. The van der Waals surface area contributed by atoms with Gasteiger partial charge in [-0.3, -0.25) is 4.79 Å². The predicted molar refractivity (Wildman–Crippen MR) is 57.5 cm³/mol. The van der Waals surface area contributed by atoms with Crippen molar-refractivity contribution in [2.75, 3.05) is 0 Å². The number of para-hydroxylation sites is 1. The van der Waals surface area contributed by atoms with Gasteiger partial charge >= 0.3 is 0 Å². The Morgan fingerprint density at radius 3 is 3.00 bits per heavy atom. The van der Waals surface area contributed by atoms with E-state index in [4.69, 9.17) is 0 Å². The first kappa shape index (κ1) is 8.36. The molecular weight excluding hydrogens is 186 g/mol. The van der Waals surface area contributed by atoms with Crippen molar-refractivity contribution in [1.82, 2.24) is 0 Å². The van der Waals surface area contributed by atoms with Crippen LogP contribution in [-0.2, 0) is 4.79 Å². The molecule has 0 bridgehead atoms. The van der Waals surface area contributed by atoms with Gasteiger partial charge in [-0.25, -0.2) is 4.99 Å². The van der Waals surface area contributed by atoms with E-state index in [0.29, 0.717) is 6.42 Å². The lowest BCUT2D eigenvalue weighted by molar-refractivity contribution is -0.105. The summed E-state index contributed by atoms with van der Waals surface area (Å²) in [5.41, 5.74) is 2.90. The first-order valence-electron chi connectivity index (χ1n) is 4.93. The maximum absolute atomic E-state index is 10.7. The van der Waals surface area contributed by atoms with Crippen molar-refractivity contribution in [1.29, 1.82) is 0 Å². The lowest BCUT2D eigenvalue weighted by atomic mass is 9.99. The molecule has 2 nitrogen and oxygen atoms in total. The van der Waals surface area contributed by atoms with Gasteiger partial charge in [0.25, 0.3) is 0 Å². The molecule has 0 atom stereocenters. The quantitative estimate of drug-likeness (QED) is 0.612. The average molecular weight is 195 g/mol. The van der Waals surface area contributed by atoms with E-state index in [1.807, 2.05) is 36.4 Å². The number of carbonyl (C=O) groups is 1. The zero-order valence-corrected chi connectivity index (χ0v) is 8.10. The van der Waals surface area contributed by atoms with E-state index in [2.05, 4.69) is 4.99 Å². The summed E-state index contributed by atoms with van der Waals surface area (Å²) in [5.74, 6) is 0. The third-order valence-corrected chi connectivity index (χ3v) is 2.72. The smallest absolute Gasteiger partial charge is 0.146 e. The molecule has 1 aliphatic heterocycles. The number of carbonyl (C=O) groups excluding carboxylic acids is 1. The van der Waals surface area contributed by atoms with Crippen molar-refractivity contribution in [2.24, 2.45) is 4.99 Å². The molecule has 0 unspecified atom stereocenters. The number of aldehydes is 1. The normalized spacial score (nSPS) is 17.2. The van der Waals surface area contributed by atoms with Crippen LogP contribution >= 0.6 is 0 Å². The van der Waals surface area contributed by atoms with Gasteiger partial charge in [-0.15, -0.1) is 0 Å². The van der Waals surface area contributed by atoms with Crippen molar-refractivity contribution in [3.63, 3.8) is 0 Å². The van der Waals surface area contributed by atoms with Crippen LogP contribution in [0.3, 0.4) is 0 Å². The van der Waals surface area contributed by atoms with Crippen LogP contribution in [0.15, 0.2) is 52.7 Å². The molecule has 2 heteroatoms. The summed E-state index contributed by atoms with van der Waals surface area (Å²) in [5, 5.41) is 2.13. The molecule has 0 N–H and O–H groups in total. The fourth-order valence-corrected chi connectivity index (χ4v) is 1.98. The molecule has 3 rings (SSSR count). The van der Waals surface area contributed by atoms with Gasteiger partial charge in [0, 0.05) is 10.8 Å². The lowest BCUT2D eigenvalue weighted by Gasteiger charge is -2.06. The third-order valence-electron chi connectivity index (χ3n) is 2.72. The zero-order valence-electron chi connectivity index (χ0n) is 8.10. The van der Waals surface area contributed by atoms with Crippen LogP contribution < -0.4 is 10.6 Å². The second kappa shape index (κ2) is 3.02. The molecule has 2 aliphatic rings. The van der Waals surface area contributed by atoms with Crippen LogP contribution in [0.25, 0.3) is 5.57 Å². The first-order chi connectivity index (χ1) is 7.38. The van der Waals surface area contributed by atoms with E-state index in [0.717, 1.165) is 33.7 Å². The van der Waals surface area contributed by atoms with Crippen molar-refractivity contribution in [2.45, 2.75) is 6.42 Å². The highest BCUT2D eigenvalue weighted by atomic mass is 16.1. The summed E-state index contributed by atoms with van der Waals surface area (Å²) >= 11 is 0. The number of nitrogens with zero attached hydrogens (tertiary/aromatic N) is 1. The van der Waals surface area contributed by atoms with Crippen LogP contribution in [0.5, 0.6) is 0 Å². The van der Waals surface area contributed by atoms with Gasteiger partial charge in [0.15, 0.2) is 0 Å². The highest BCUT2D eigenvalue weighted by Crippen LogP contribution is 2.23. The van der Waals surface area contributed by atoms with Gasteiger partial charge < -0.3 is 0 Å². The van der Waals surface area contributed by atoms with Gasteiger partial charge in [0.1, 0.15) is 6.29 Å². The first-order valence-corrected chi connectivity index (χ1v) is 4.93. The molecule has 72 valence electrons. The largest absolute Gasteiger partial charge is 0.298 e. The number of hydrogen-bond acceptors (Lipinski definition) is 2. The highest BCUT2D eigenvalue weighted by Gasteiger charge is 2.14. The molecule has 0 saturated heterocycles. The Hall–Kier alpha value is -1.96. The average Bonchev–Trinajstić information content (AvgIpc) is 2.66. The van der Waals surface area contributed by atoms with Gasteiger partial charge in [-0.1, -0.05) is 24.3 Å². The van der Waals surface area contributed by atoms with Gasteiger partial charge in [0.2, 0.25) is 0 Å². The van der Waals surface area contributed by atoms with Gasteiger partial charge in [0.05, 0.1) is 11.1 Å². The Balaban J connectivity index is 2.37. The fraction of sp³-hybridized carbons (Fsp3) is 0.0769. The summed E-state index contributed by atoms with van der Waals surface area (Å²) in [6.45, 7) is 0. The lowest BCUT2D eigenvalue weighted by Crippen LogP contribution is -2.21. The number of rotatable bonds is 1. The second-order valence-corrected chi connectivity index (χ2v) is 3.67. The monoisotopic (exact) mass is 195 g/mol. The molecule has 0 saturated carbocycles. The molecule has 0 spiro atoms. The summed E-state index contributed by atoms with van der Waals surface area (Å²) in [6.07, 6.45) is 5.57. The van der Waals surface area contributed by atoms with Crippen LogP contribution in [0.4, 0.5) is 0 Å². The Labute approximate surface area is 87.0 Å². The van der Waals surface area contributed by atoms with E-state index < -0.39 is 0 Å².